The molecule has 0 atom stereocenters. The third kappa shape index (κ3) is 3.38. The Kier molecular flexibility index (Phi) is 5.67. The van der Waals surface area contributed by atoms with Gasteiger partial charge in [-0.3, -0.25) is 14.5 Å². The molecule has 0 aliphatic heterocycles. The summed E-state index contributed by atoms with van der Waals surface area (Å²) in [4.78, 5) is 19.6. The van der Waals surface area contributed by atoms with Crippen LogP contribution in [0.4, 0.5) is 61.5 Å². The van der Waals surface area contributed by atoms with Crippen molar-refractivity contribution in [2.24, 2.45) is 0 Å². The van der Waals surface area contributed by atoms with E-state index in [0.29, 0.717) is 0 Å². The van der Waals surface area contributed by atoms with E-state index in [2.05, 4.69) is 0 Å². The SMILES string of the molecule is CN(C(=O)C(F)(F)C(F)(F)C(F)(F)F)C(=O)C(F)(F)C(F)(F)C(F)(F)F. The second kappa shape index (κ2) is 6.11. The predicted octanol–water partition coefficient (Wildman–Crippen LogP) is 3.64. The Hall–Kier alpha value is -1.84. The highest BCUT2D eigenvalue weighted by atomic mass is 19.4. The van der Waals surface area contributed by atoms with Crippen LogP contribution in [0.2, 0.25) is 0 Å². The first-order chi connectivity index (χ1) is 11.0. The van der Waals surface area contributed by atoms with Crippen LogP contribution in [0.3, 0.4) is 0 Å². The van der Waals surface area contributed by atoms with Gasteiger partial charge in [-0.15, -0.1) is 0 Å². The highest BCUT2D eigenvalue weighted by Crippen LogP contribution is 2.49. The maximum Gasteiger partial charge on any atom is 0.460 e. The first kappa shape index (κ1) is 24.2. The molecule has 0 aromatic carbocycles. The molecule has 0 aliphatic carbocycles. The normalized spacial score (nSPS) is 15.0. The van der Waals surface area contributed by atoms with Crippen LogP contribution in [0.5, 0.6) is 0 Å². The Bertz CT molecular complexity index is 524. The molecular weight excluding hydrogens is 420 g/mol. The van der Waals surface area contributed by atoms with Crippen molar-refractivity contribution in [2.75, 3.05) is 7.05 Å². The molecule has 0 saturated heterocycles. The molecule has 0 fully saturated rings. The van der Waals surface area contributed by atoms with Crippen LogP contribution in [0.1, 0.15) is 0 Å². The summed E-state index contributed by atoms with van der Waals surface area (Å²) in [7, 11) is -0.717. The molecule has 0 heterocycles. The zero-order valence-electron chi connectivity index (χ0n) is 11.6. The monoisotopic (exact) mass is 423 g/mol. The maximum absolute atomic E-state index is 13.0. The lowest BCUT2D eigenvalue weighted by Crippen LogP contribution is -2.65. The van der Waals surface area contributed by atoms with Gasteiger partial charge in [0.15, 0.2) is 0 Å². The van der Waals surface area contributed by atoms with E-state index in [-0.39, 0.29) is 0 Å². The minimum absolute atomic E-state index is 0.717. The van der Waals surface area contributed by atoms with Crippen molar-refractivity contribution in [3.05, 3.63) is 0 Å². The van der Waals surface area contributed by atoms with E-state index < -0.39 is 59.8 Å². The molecule has 154 valence electrons. The molecule has 0 N–H and O–H groups in total. The van der Waals surface area contributed by atoms with Gasteiger partial charge >= 0.3 is 47.9 Å². The van der Waals surface area contributed by atoms with E-state index in [1.165, 1.54) is 0 Å². The van der Waals surface area contributed by atoms with Gasteiger partial charge in [0.2, 0.25) is 0 Å². The van der Waals surface area contributed by atoms with Crippen molar-refractivity contribution in [2.45, 2.75) is 36.0 Å². The smallest absolute Gasteiger partial charge is 0.275 e. The van der Waals surface area contributed by atoms with Crippen molar-refractivity contribution in [3.63, 3.8) is 0 Å². The van der Waals surface area contributed by atoms with E-state index in [4.69, 9.17) is 0 Å². The van der Waals surface area contributed by atoms with E-state index in [9.17, 15) is 71.1 Å². The number of amides is 2. The van der Waals surface area contributed by atoms with E-state index >= 15 is 0 Å². The number of hydrogen-bond acceptors (Lipinski definition) is 2. The van der Waals surface area contributed by atoms with Gasteiger partial charge in [-0.1, -0.05) is 0 Å². The lowest BCUT2D eigenvalue weighted by Gasteiger charge is -2.32. The molecule has 26 heavy (non-hydrogen) atoms. The zero-order valence-corrected chi connectivity index (χ0v) is 11.6. The summed E-state index contributed by atoms with van der Waals surface area (Å²) in [5, 5.41) is 0. The van der Waals surface area contributed by atoms with Crippen LogP contribution in [0, 0.1) is 0 Å². The third-order valence-electron chi connectivity index (χ3n) is 2.65. The lowest BCUT2D eigenvalue weighted by molar-refractivity contribution is -0.349. The van der Waals surface area contributed by atoms with Gasteiger partial charge in [0.1, 0.15) is 0 Å². The average Bonchev–Trinajstić information content (AvgIpc) is 2.41. The Labute approximate surface area is 132 Å². The van der Waals surface area contributed by atoms with Crippen molar-refractivity contribution >= 4 is 11.8 Å². The van der Waals surface area contributed by atoms with Crippen LogP contribution in [0.25, 0.3) is 0 Å². The molecular formula is C9H3F14NO2. The minimum atomic E-state index is -7.27. The van der Waals surface area contributed by atoms with E-state index in [0.717, 1.165) is 0 Å². The summed E-state index contributed by atoms with van der Waals surface area (Å²) in [6, 6.07) is 0. The molecule has 17 heteroatoms. The van der Waals surface area contributed by atoms with Gasteiger partial charge in [0, 0.05) is 7.05 Å². The number of hydrogen-bond donors (Lipinski definition) is 0. The molecule has 0 spiro atoms. The van der Waals surface area contributed by atoms with Crippen molar-refractivity contribution in [1.82, 2.24) is 4.90 Å². The fourth-order valence-electron chi connectivity index (χ4n) is 1.14. The number of imide groups is 1. The number of rotatable bonds is 4. The van der Waals surface area contributed by atoms with E-state index in [1.807, 2.05) is 0 Å². The maximum atomic E-state index is 13.0. The molecule has 0 radical (unpaired) electrons. The average molecular weight is 423 g/mol. The summed E-state index contributed by atoms with van der Waals surface area (Å²) < 4.78 is 173. The summed E-state index contributed by atoms with van der Waals surface area (Å²) in [5.41, 5.74) is 0. The van der Waals surface area contributed by atoms with Crippen LogP contribution in [-0.4, -0.2) is 59.8 Å². The molecule has 0 aliphatic rings. The molecule has 0 unspecified atom stereocenters. The summed E-state index contributed by atoms with van der Waals surface area (Å²) in [6.07, 6.45) is -14.3. The Morgan fingerprint density at radius 3 is 0.885 bits per heavy atom. The lowest BCUT2D eigenvalue weighted by atomic mass is 10.1. The molecule has 0 bridgehead atoms. The van der Waals surface area contributed by atoms with Gasteiger partial charge in [-0.2, -0.15) is 61.5 Å². The summed E-state index contributed by atoms with van der Waals surface area (Å²) in [5.74, 6) is -36.7. The molecule has 0 aromatic heterocycles. The molecule has 0 rings (SSSR count). The fourth-order valence-corrected chi connectivity index (χ4v) is 1.14. The molecule has 2 amide bonds. The first-order valence-corrected chi connectivity index (χ1v) is 5.45. The highest BCUT2D eigenvalue weighted by molar-refractivity contribution is 6.02. The Balaban J connectivity index is 5.99. The minimum Gasteiger partial charge on any atom is -0.275 e. The van der Waals surface area contributed by atoms with Crippen molar-refractivity contribution < 1.29 is 71.1 Å². The second-order valence-electron chi connectivity index (χ2n) is 4.46. The highest BCUT2D eigenvalue weighted by Gasteiger charge is 2.80. The zero-order chi connectivity index (χ0) is 21.7. The van der Waals surface area contributed by atoms with Gasteiger partial charge in [-0.25, -0.2) is 0 Å². The molecule has 0 saturated carbocycles. The van der Waals surface area contributed by atoms with Gasteiger partial charge in [-0.05, 0) is 0 Å². The predicted molar refractivity (Wildman–Crippen MR) is 49.7 cm³/mol. The largest absolute Gasteiger partial charge is 0.460 e. The van der Waals surface area contributed by atoms with Crippen LogP contribution >= 0.6 is 0 Å². The van der Waals surface area contributed by atoms with Gasteiger partial charge < -0.3 is 0 Å². The van der Waals surface area contributed by atoms with Crippen molar-refractivity contribution in [1.29, 1.82) is 0 Å². The Morgan fingerprint density at radius 2 is 0.731 bits per heavy atom. The standard InChI is InChI=1S/C9H3F14NO2/c1-24(2(25)4(10,11)6(14,15)8(18,19)20)3(26)5(12,13)7(16,17)9(21,22)23/h1H3. The van der Waals surface area contributed by atoms with Gasteiger partial charge in [0.25, 0.3) is 0 Å². The number of carbonyl (C=O) groups is 2. The van der Waals surface area contributed by atoms with E-state index in [1.54, 1.807) is 0 Å². The van der Waals surface area contributed by atoms with Crippen LogP contribution in [0.15, 0.2) is 0 Å². The number of alkyl halides is 14. The quantitative estimate of drug-likeness (QED) is 0.648. The van der Waals surface area contributed by atoms with Gasteiger partial charge in [0.05, 0.1) is 0 Å². The van der Waals surface area contributed by atoms with Crippen LogP contribution < -0.4 is 0 Å². The van der Waals surface area contributed by atoms with Crippen molar-refractivity contribution in [3.8, 4) is 0 Å². The summed E-state index contributed by atoms with van der Waals surface area (Å²) in [6.45, 7) is 0. The number of nitrogens with zero attached hydrogens (tertiary/aromatic N) is 1. The number of carbonyl (C=O) groups excluding carboxylic acids is 2. The second-order valence-corrected chi connectivity index (χ2v) is 4.46. The first-order valence-electron chi connectivity index (χ1n) is 5.45. The Morgan fingerprint density at radius 1 is 0.538 bits per heavy atom. The third-order valence-corrected chi connectivity index (χ3v) is 2.65. The summed E-state index contributed by atoms with van der Waals surface area (Å²) >= 11 is 0. The van der Waals surface area contributed by atoms with Crippen LogP contribution in [-0.2, 0) is 9.59 Å². The molecule has 0 aromatic rings. The number of halogens is 14. The topological polar surface area (TPSA) is 37.4 Å². The molecule has 3 nitrogen and oxygen atoms in total. The fraction of sp³-hybridized carbons (Fsp3) is 0.778.